The van der Waals surface area contributed by atoms with Crippen molar-refractivity contribution >= 4 is 11.9 Å². The minimum absolute atomic E-state index is 0.116. The summed E-state index contributed by atoms with van der Waals surface area (Å²) in [5.41, 5.74) is 0. The van der Waals surface area contributed by atoms with Crippen molar-refractivity contribution in [2.75, 3.05) is 45.8 Å². The Morgan fingerprint density at radius 2 is 1.89 bits per heavy atom. The van der Waals surface area contributed by atoms with Crippen molar-refractivity contribution in [1.82, 2.24) is 15.1 Å². The summed E-state index contributed by atoms with van der Waals surface area (Å²) < 4.78 is 0. The largest absolute Gasteiger partial charge is 0.481 e. The lowest BCUT2D eigenvalue weighted by molar-refractivity contribution is -0.140. The summed E-state index contributed by atoms with van der Waals surface area (Å²) >= 11 is 0. The summed E-state index contributed by atoms with van der Waals surface area (Å²) in [5.74, 6) is 0.0304. The number of carbonyl (C=O) groups is 2. The molecule has 19 heavy (non-hydrogen) atoms. The van der Waals surface area contributed by atoms with Gasteiger partial charge in [0.1, 0.15) is 0 Å². The van der Waals surface area contributed by atoms with Crippen molar-refractivity contribution in [3.8, 4) is 0 Å². The first-order valence-electron chi connectivity index (χ1n) is 7.01. The Balaban J connectivity index is 1.76. The monoisotopic (exact) mass is 269 g/mol. The van der Waals surface area contributed by atoms with Gasteiger partial charge >= 0.3 is 5.97 Å². The molecule has 6 heteroatoms. The molecule has 2 aliphatic heterocycles. The molecule has 1 amide bonds. The van der Waals surface area contributed by atoms with Gasteiger partial charge in [0.25, 0.3) is 0 Å². The van der Waals surface area contributed by atoms with Gasteiger partial charge in [-0.3, -0.25) is 14.5 Å². The van der Waals surface area contributed by atoms with Gasteiger partial charge < -0.3 is 15.3 Å². The van der Waals surface area contributed by atoms with E-state index < -0.39 is 5.97 Å². The minimum Gasteiger partial charge on any atom is -0.481 e. The molecule has 0 bridgehead atoms. The van der Waals surface area contributed by atoms with Crippen LogP contribution in [0, 0.1) is 11.8 Å². The number of hydrogen-bond donors (Lipinski definition) is 2. The second-order valence-electron chi connectivity index (χ2n) is 5.55. The van der Waals surface area contributed by atoms with Gasteiger partial charge in [-0.25, -0.2) is 0 Å². The maximum absolute atomic E-state index is 12.4. The van der Waals surface area contributed by atoms with Gasteiger partial charge in [0, 0.05) is 39.3 Å². The zero-order valence-corrected chi connectivity index (χ0v) is 11.5. The molecule has 0 spiro atoms. The second kappa shape index (κ2) is 6.34. The van der Waals surface area contributed by atoms with E-state index in [1.165, 1.54) is 0 Å². The fourth-order valence-corrected chi connectivity index (χ4v) is 2.82. The molecule has 2 aliphatic rings. The van der Waals surface area contributed by atoms with Crippen LogP contribution >= 0.6 is 0 Å². The summed E-state index contributed by atoms with van der Waals surface area (Å²) in [5, 5.41) is 11.9. The summed E-state index contributed by atoms with van der Waals surface area (Å²) in [6.07, 6.45) is 0.178. The van der Waals surface area contributed by atoms with Crippen LogP contribution in [0.3, 0.4) is 0 Å². The molecule has 2 N–H and O–H groups in total. The highest BCUT2D eigenvalue weighted by atomic mass is 16.4. The highest BCUT2D eigenvalue weighted by Gasteiger charge is 2.33. The summed E-state index contributed by atoms with van der Waals surface area (Å²) in [6, 6.07) is 0. The van der Waals surface area contributed by atoms with E-state index in [1.807, 2.05) is 4.90 Å². The Labute approximate surface area is 113 Å². The lowest BCUT2D eigenvalue weighted by Crippen LogP contribution is -2.51. The molecule has 2 fully saturated rings. The smallest absolute Gasteiger partial charge is 0.304 e. The van der Waals surface area contributed by atoms with E-state index in [1.54, 1.807) is 0 Å². The van der Waals surface area contributed by atoms with Crippen molar-refractivity contribution in [2.45, 2.75) is 13.3 Å². The Hall–Kier alpha value is -1.14. The molecular weight excluding hydrogens is 246 g/mol. The fourth-order valence-electron chi connectivity index (χ4n) is 2.82. The minimum atomic E-state index is -0.760. The van der Waals surface area contributed by atoms with Crippen molar-refractivity contribution in [1.29, 1.82) is 0 Å². The summed E-state index contributed by atoms with van der Waals surface area (Å²) in [7, 11) is 0. The van der Waals surface area contributed by atoms with E-state index in [-0.39, 0.29) is 18.2 Å². The highest BCUT2D eigenvalue weighted by Crippen LogP contribution is 2.19. The molecule has 2 heterocycles. The Kier molecular flexibility index (Phi) is 4.76. The second-order valence-corrected chi connectivity index (χ2v) is 5.55. The molecule has 0 unspecified atom stereocenters. The molecule has 2 saturated heterocycles. The van der Waals surface area contributed by atoms with E-state index >= 15 is 0 Å². The van der Waals surface area contributed by atoms with Crippen LogP contribution in [0.15, 0.2) is 0 Å². The van der Waals surface area contributed by atoms with Gasteiger partial charge in [-0.1, -0.05) is 6.92 Å². The Morgan fingerprint density at radius 3 is 2.42 bits per heavy atom. The standard InChI is InChI=1S/C13H23N3O3/c1-10-8-14-9-11(10)13(19)16-6-4-15(5-7-16)3-2-12(17)18/h10-11,14H,2-9H2,1H3,(H,17,18)/t10-,11-/m1/s1. The van der Waals surface area contributed by atoms with Crippen molar-refractivity contribution < 1.29 is 14.7 Å². The van der Waals surface area contributed by atoms with Crippen LogP contribution in [0.2, 0.25) is 0 Å². The number of carboxylic acids is 1. The average Bonchev–Trinajstić information content (AvgIpc) is 2.82. The van der Waals surface area contributed by atoms with Gasteiger partial charge in [-0.2, -0.15) is 0 Å². The molecule has 0 saturated carbocycles. The topological polar surface area (TPSA) is 72.9 Å². The maximum Gasteiger partial charge on any atom is 0.304 e. The molecule has 2 atom stereocenters. The molecule has 108 valence electrons. The van der Waals surface area contributed by atoms with Crippen molar-refractivity contribution in [3.63, 3.8) is 0 Å². The number of nitrogens with zero attached hydrogens (tertiary/aromatic N) is 2. The average molecular weight is 269 g/mol. The number of hydrogen-bond acceptors (Lipinski definition) is 4. The number of nitrogens with one attached hydrogen (secondary N) is 1. The number of amides is 1. The van der Waals surface area contributed by atoms with Gasteiger partial charge in [0.2, 0.25) is 5.91 Å². The third kappa shape index (κ3) is 3.67. The van der Waals surface area contributed by atoms with Gasteiger partial charge in [-0.05, 0) is 12.5 Å². The Bertz CT molecular complexity index is 340. The quantitative estimate of drug-likeness (QED) is 0.717. The fraction of sp³-hybridized carbons (Fsp3) is 0.846. The molecule has 0 aromatic heterocycles. The first kappa shape index (κ1) is 14.3. The normalized spacial score (nSPS) is 28.6. The lowest BCUT2D eigenvalue weighted by atomic mass is 9.96. The number of aliphatic carboxylic acids is 1. The predicted octanol–water partition coefficient (Wildman–Crippen LogP) is -0.539. The van der Waals surface area contributed by atoms with Crippen molar-refractivity contribution in [2.24, 2.45) is 11.8 Å². The third-order valence-corrected chi connectivity index (χ3v) is 4.16. The zero-order valence-electron chi connectivity index (χ0n) is 11.5. The SMILES string of the molecule is C[C@@H]1CNC[C@H]1C(=O)N1CCN(CCC(=O)O)CC1. The molecule has 0 aromatic carbocycles. The van der Waals surface area contributed by atoms with Crippen LogP contribution in [0.4, 0.5) is 0 Å². The molecular formula is C13H23N3O3. The molecule has 0 aliphatic carbocycles. The van der Waals surface area contributed by atoms with E-state index in [4.69, 9.17) is 5.11 Å². The molecule has 2 rings (SSSR count). The van der Waals surface area contributed by atoms with Gasteiger partial charge in [-0.15, -0.1) is 0 Å². The van der Waals surface area contributed by atoms with Gasteiger partial charge in [0.15, 0.2) is 0 Å². The zero-order chi connectivity index (χ0) is 13.8. The maximum atomic E-state index is 12.4. The van der Waals surface area contributed by atoms with Gasteiger partial charge in [0.05, 0.1) is 12.3 Å². The predicted molar refractivity (Wildman–Crippen MR) is 70.8 cm³/mol. The molecule has 0 radical (unpaired) electrons. The summed E-state index contributed by atoms with van der Waals surface area (Å²) in [6.45, 7) is 7.43. The Morgan fingerprint density at radius 1 is 1.21 bits per heavy atom. The lowest BCUT2D eigenvalue weighted by Gasteiger charge is -2.36. The number of piperazine rings is 1. The van der Waals surface area contributed by atoms with Crippen LogP contribution in [-0.2, 0) is 9.59 Å². The van der Waals surface area contributed by atoms with E-state index in [2.05, 4.69) is 17.1 Å². The van der Waals surface area contributed by atoms with Crippen LogP contribution < -0.4 is 5.32 Å². The van der Waals surface area contributed by atoms with Crippen molar-refractivity contribution in [3.05, 3.63) is 0 Å². The molecule has 0 aromatic rings. The van der Waals surface area contributed by atoms with Crippen LogP contribution in [0.5, 0.6) is 0 Å². The van der Waals surface area contributed by atoms with Crippen LogP contribution in [0.25, 0.3) is 0 Å². The van der Waals surface area contributed by atoms with E-state index in [0.717, 1.165) is 39.3 Å². The van der Waals surface area contributed by atoms with Crippen LogP contribution in [-0.4, -0.2) is 72.6 Å². The first-order chi connectivity index (χ1) is 9.08. The van der Waals surface area contributed by atoms with E-state index in [9.17, 15) is 9.59 Å². The molecule has 6 nitrogen and oxygen atoms in total. The third-order valence-electron chi connectivity index (χ3n) is 4.16. The van der Waals surface area contributed by atoms with E-state index in [0.29, 0.717) is 12.5 Å². The number of carbonyl (C=O) groups excluding carboxylic acids is 1. The summed E-state index contributed by atoms with van der Waals surface area (Å²) in [4.78, 5) is 26.9. The first-order valence-corrected chi connectivity index (χ1v) is 7.01. The highest BCUT2D eigenvalue weighted by molar-refractivity contribution is 5.79. The number of carboxylic acid groups (broad SMARTS) is 1. The van der Waals surface area contributed by atoms with Crippen LogP contribution in [0.1, 0.15) is 13.3 Å². The number of rotatable bonds is 4.